The summed E-state index contributed by atoms with van der Waals surface area (Å²) in [6, 6.07) is 46.9. The minimum atomic E-state index is -4.88. The zero-order valence-electron chi connectivity index (χ0n) is 43.2. The van der Waals surface area contributed by atoms with Crippen LogP contribution >= 0.6 is 0 Å². The van der Waals surface area contributed by atoms with Crippen molar-refractivity contribution in [1.29, 1.82) is 0 Å². The Balaban J connectivity index is 0.00000276. The molecule has 0 fully saturated rings. The molecule has 0 saturated carbocycles. The molecule has 376 valence electrons. The van der Waals surface area contributed by atoms with E-state index in [1.165, 1.54) is 24.3 Å². The molecule has 0 aliphatic heterocycles. The molecule has 0 aliphatic carbocycles. The van der Waals surface area contributed by atoms with Crippen molar-refractivity contribution in [2.75, 3.05) is 28.2 Å². The van der Waals surface area contributed by atoms with E-state index in [9.17, 15) is 38.9 Å². The van der Waals surface area contributed by atoms with Gasteiger partial charge < -0.3 is 29.6 Å². The van der Waals surface area contributed by atoms with E-state index < -0.39 is 45.9 Å². The minimum absolute atomic E-state index is 0. The molecule has 0 unspecified atom stereocenters. The maximum atomic E-state index is 11.9. The second-order valence-electron chi connectivity index (χ2n) is 15.7. The third-order valence-electron chi connectivity index (χ3n) is 10.5. The molecule has 80 heavy (non-hydrogen) atoms. The summed E-state index contributed by atoms with van der Waals surface area (Å²) in [6.45, 7) is -0.281. The van der Waals surface area contributed by atoms with Crippen molar-refractivity contribution in [1.82, 2.24) is 15.0 Å². The summed E-state index contributed by atoms with van der Waals surface area (Å²) in [5.74, 6) is -0.681. The van der Waals surface area contributed by atoms with E-state index in [4.69, 9.17) is 0 Å². The van der Waals surface area contributed by atoms with Crippen molar-refractivity contribution in [2.45, 2.75) is 9.79 Å². The first-order valence-corrected chi connectivity index (χ1v) is 26.2. The van der Waals surface area contributed by atoms with Gasteiger partial charge in [0.15, 0.2) is 0 Å². The van der Waals surface area contributed by atoms with Gasteiger partial charge in [-0.25, -0.2) is 25.3 Å². The van der Waals surface area contributed by atoms with Gasteiger partial charge in [0.2, 0.25) is 17.8 Å². The van der Waals surface area contributed by atoms with Gasteiger partial charge in [-0.1, -0.05) is 16.8 Å². The molecule has 1 heterocycles. The topological polar surface area (TPSA) is 345 Å². The molecular formula is C49H33Li5N14O9S3. The second-order valence-corrected chi connectivity index (χ2v) is 20.0. The number of azo groups is 4. The van der Waals surface area contributed by atoms with E-state index in [2.05, 4.69) is 83.9 Å². The molecule has 0 amide bonds. The predicted octanol–water partition coefficient (Wildman–Crippen LogP) is -3.29. The van der Waals surface area contributed by atoms with Crippen LogP contribution in [-0.2, 0) is 30.4 Å². The quantitative estimate of drug-likeness (QED) is 0.0328. The summed E-state index contributed by atoms with van der Waals surface area (Å²) in [6.07, 6.45) is 0. The van der Waals surface area contributed by atoms with Gasteiger partial charge >= 0.3 is 94.3 Å². The molecule has 1 aromatic heterocycles. The summed E-state index contributed by atoms with van der Waals surface area (Å²) >= 11 is 0. The average molecular weight is 1090 g/mol. The van der Waals surface area contributed by atoms with Gasteiger partial charge in [0.1, 0.15) is 20.2 Å². The summed E-state index contributed by atoms with van der Waals surface area (Å²) in [4.78, 5) is 12.2. The van der Waals surface area contributed by atoms with E-state index in [0.29, 0.717) is 45.2 Å². The first-order chi connectivity index (χ1) is 36.0. The first-order valence-electron chi connectivity index (χ1n) is 21.8. The Bertz CT molecular complexity index is 4090. The van der Waals surface area contributed by atoms with Gasteiger partial charge in [-0.3, -0.25) is 0 Å². The third kappa shape index (κ3) is 18.2. The van der Waals surface area contributed by atoms with Gasteiger partial charge in [0.05, 0.1) is 59.8 Å². The van der Waals surface area contributed by atoms with E-state index in [0.717, 1.165) is 35.0 Å². The number of hydrogen-bond donors (Lipinski definition) is 3. The van der Waals surface area contributed by atoms with Crippen LogP contribution in [0, 0.1) is 12.1 Å². The van der Waals surface area contributed by atoms with Crippen molar-refractivity contribution in [3.8, 4) is 0 Å². The van der Waals surface area contributed by atoms with Crippen LogP contribution in [-0.4, -0.2) is 66.2 Å². The first kappa shape index (κ1) is 66.3. The maximum absolute atomic E-state index is 11.9. The number of fused-ring (bicyclic) bond motifs is 2. The fourth-order valence-corrected chi connectivity index (χ4v) is 8.23. The molecule has 23 nitrogen and oxygen atoms in total. The monoisotopic (exact) mass is 1090 g/mol. The van der Waals surface area contributed by atoms with Crippen LogP contribution in [0.15, 0.2) is 208 Å². The molecule has 0 radical (unpaired) electrons. The molecule has 9 rings (SSSR count). The summed E-state index contributed by atoms with van der Waals surface area (Å²) in [5, 5.41) is 45.6. The zero-order valence-corrected chi connectivity index (χ0v) is 45.7. The van der Waals surface area contributed by atoms with Crippen LogP contribution < -0.4 is 110 Å². The Morgan fingerprint density at radius 1 is 0.400 bits per heavy atom. The molecule has 0 atom stereocenters. The summed E-state index contributed by atoms with van der Waals surface area (Å²) in [5.41, 5.74) is 4.48. The van der Waals surface area contributed by atoms with E-state index in [1.807, 2.05) is 12.1 Å². The van der Waals surface area contributed by atoms with Crippen molar-refractivity contribution in [2.24, 2.45) is 40.9 Å². The number of aromatic nitrogens is 3. The van der Waals surface area contributed by atoms with Crippen molar-refractivity contribution >= 4 is 127 Å². The molecule has 0 saturated heterocycles. The number of nitrogens with zero attached hydrogens (tertiary/aromatic N) is 11. The van der Waals surface area contributed by atoms with Gasteiger partial charge in [0.25, 0.3) is 0 Å². The molecule has 3 N–H and O–H groups in total. The van der Waals surface area contributed by atoms with Crippen molar-refractivity contribution in [3.05, 3.63) is 170 Å². The van der Waals surface area contributed by atoms with Crippen LogP contribution in [0.5, 0.6) is 0 Å². The smallest absolute Gasteiger partial charge is 0.748 e. The van der Waals surface area contributed by atoms with Crippen LogP contribution in [0.1, 0.15) is 0 Å². The van der Waals surface area contributed by atoms with E-state index in [1.54, 1.807) is 97.1 Å². The minimum Gasteiger partial charge on any atom is -0.748 e. The molecular weight excluding hydrogens is 1060 g/mol. The van der Waals surface area contributed by atoms with E-state index >= 15 is 0 Å². The SMILES string of the molecule is O=S(=O)([O-])CCNc1nc(Nc2ccc(N=Nc3ccc(N=Nc4cc[c-]cc4)c4c[c-]ccc34)cc2)nc(Nc2ccc(N=Nc3ccc(N=Nc4ccc(S(=O)(=O)[O-])cc4)c4cc(S(=O)(=O)[O-])ccc34)cc2)n1.[Li+].[Li+].[Li+].[Li+].[Li+]. The Morgan fingerprint density at radius 3 is 1.25 bits per heavy atom. The summed E-state index contributed by atoms with van der Waals surface area (Å²) in [7, 11) is -14.1. The van der Waals surface area contributed by atoms with Crippen LogP contribution in [0.4, 0.5) is 74.7 Å². The molecule has 31 heteroatoms. The largest absolute Gasteiger partial charge is 1.00 e. The third-order valence-corrected chi connectivity index (χ3v) is 12.9. The fourth-order valence-electron chi connectivity index (χ4n) is 6.91. The zero-order chi connectivity index (χ0) is 52.6. The molecule has 0 spiro atoms. The Kier molecular flexibility index (Phi) is 24.5. The number of nitrogens with one attached hydrogen (secondary N) is 3. The van der Waals surface area contributed by atoms with Crippen LogP contribution in [0.25, 0.3) is 21.5 Å². The number of hydrogen-bond acceptors (Lipinski definition) is 23. The summed E-state index contributed by atoms with van der Waals surface area (Å²) < 4.78 is 104. The Morgan fingerprint density at radius 2 is 0.787 bits per heavy atom. The van der Waals surface area contributed by atoms with Gasteiger partial charge in [0, 0.05) is 34.4 Å². The molecule has 0 aliphatic rings. The normalized spacial score (nSPS) is 11.6. The average Bonchev–Trinajstić information content (AvgIpc) is 3.51. The molecule has 9 aromatic rings. The van der Waals surface area contributed by atoms with Crippen LogP contribution in [0.3, 0.4) is 0 Å². The standard InChI is InChI=1S/C49H36N14O9S3.5Li/c64-73(65,66)29-28-50-47-53-48(51-31-10-14-34(15-11-31)57-61-44-25-24-43(39-8-4-5-9-40(39)44)60-56-33-6-2-1-3-7-33)55-49(54-47)52-32-12-16-35(17-13-32)58-62-45-26-27-46(42-30-38(75(70,71)72)22-23-41(42)45)63-59-36-18-20-37(21-19-36)74(67,68)69;;;;;/h2-3,5-27,30H,28-29H2,(H,64,65,66)(H,67,68,69)(H,70,71,72)(H3,50,51,52,53,54,55);;;;;/q-2;5*+1/p-3. The number of anilines is 5. The van der Waals surface area contributed by atoms with Crippen molar-refractivity contribution in [3.63, 3.8) is 0 Å². The predicted molar refractivity (Wildman–Crippen MR) is 273 cm³/mol. The Labute approximate surface area is 518 Å². The van der Waals surface area contributed by atoms with Gasteiger partial charge in [-0.05, 0) is 115 Å². The van der Waals surface area contributed by atoms with Gasteiger partial charge in [-0.2, -0.15) is 88.1 Å². The molecule has 8 aromatic carbocycles. The number of rotatable bonds is 18. The Hall–Kier alpha value is -6.19. The molecule has 0 bridgehead atoms. The van der Waals surface area contributed by atoms with Gasteiger partial charge in [-0.15, -0.1) is 22.4 Å². The fraction of sp³-hybridized carbons (Fsp3) is 0.0408. The maximum Gasteiger partial charge on any atom is 1.00 e. The van der Waals surface area contributed by atoms with E-state index in [-0.39, 0.29) is 141 Å². The second kappa shape index (κ2) is 29.5. The van der Waals surface area contributed by atoms with Crippen molar-refractivity contribution < 1.29 is 133 Å². The van der Waals surface area contributed by atoms with Crippen LogP contribution in [0.2, 0.25) is 0 Å². The number of benzene rings is 8.